The third kappa shape index (κ3) is 4.43. The minimum Gasteiger partial charge on any atom is -0.503 e. The molecule has 0 fully saturated rings. The number of thiazole rings is 1. The van der Waals surface area contributed by atoms with Gasteiger partial charge in [-0.3, -0.25) is 14.5 Å². The number of ketones is 1. The number of carbonyl (C=O) groups excluding carboxylic acids is 2. The molecule has 1 aliphatic heterocycles. The van der Waals surface area contributed by atoms with Crippen molar-refractivity contribution >= 4 is 38.4 Å². The number of aromatic nitrogens is 1. The number of furan rings is 1. The number of aliphatic hydroxyl groups is 1. The summed E-state index contributed by atoms with van der Waals surface area (Å²) in [4.78, 5) is 33.2. The number of carbonyl (C=O) groups is 2. The molecule has 1 amide bonds. The first kappa shape index (κ1) is 25.5. The smallest absolute Gasteiger partial charge is 0.296 e. The van der Waals surface area contributed by atoms with Crippen LogP contribution in [0.1, 0.15) is 53.1 Å². The topological polar surface area (TPSA) is 102 Å². The first-order valence-corrected chi connectivity index (χ1v) is 13.2. The third-order valence-corrected chi connectivity index (χ3v) is 7.48. The summed E-state index contributed by atoms with van der Waals surface area (Å²) >= 11 is 1.33. The van der Waals surface area contributed by atoms with Gasteiger partial charge in [0.25, 0.3) is 5.91 Å². The van der Waals surface area contributed by atoms with Gasteiger partial charge in [0.05, 0.1) is 41.8 Å². The summed E-state index contributed by atoms with van der Waals surface area (Å²) < 4.78 is 17.7. The number of rotatable bonds is 9. The lowest BCUT2D eigenvalue weighted by Gasteiger charge is -2.25. The predicted molar refractivity (Wildman–Crippen MR) is 145 cm³/mol. The Bertz CT molecular complexity index is 1550. The van der Waals surface area contributed by atoms with E-state index >= 15 is 0 Å². The zero-order valence-corrected chi connectivity index (χ0v) is 22.4. The Hall–Kier alpha value is -4.11. The number of Topliss-reactive ketones (excluding diaryl/α,β-unsaturated/α-hetero) is 1. The van der Waals surface area contributed by atoms with Crippen LogP contribution in [0.5, 0.6) is 11.5 Å². The molecule has 1 N–H and O–H groups in total. The Morgan fingerprint density at radius 1 is 1.18 bits per heavy atom. The summed E-state index contributed by atoms with van der Waals surface area (Å²) in [5.41, 5.74) is 3.30. The molecular formula is C29H28N2O6S. The van der Waals surface area contributed by atoms with E-state index in [2.05, 4.69) is 6.92 Å². The monoisotopic (exact) mass is 532 g/mol. The molecule has 1 aliphatic rings. The number of ether oxygens (including phenoxy) is 2. The summed E-state index contributed by atoms with van der Waals surface area (Å²) in [5.74, 6) is -0.889. The fraction of sp³-hybridized carbons (Fsp3) is 0.276. The molecule has 1 unspecified atom stereocenters. The molecule has 8 nitrogen and oxygen atoms in total. The maximum atomic E-state index is 13.5. The number of hydrogen-bond donors (Lipinski definition) is 1. The highest BCUT2D eigenvalue weighted by Crippen LogP contribution is 2.46. The normalized spacial score (nSPS) is 15.5. The molecule has 0 spiro atoms. The van der Waals surface area contributed by atoms with E-state index in [9.17, 15) is 14.7 Å². The second-order valence-corrected chi connectivity index (χ2v) is 10.2. The Morgan fingerprint density at radius 3 is 2.71 bits per heavy atom. The maximum absolute atomic E-state index is 13.5. The van der Waals surface area contributed by atoms with Crippen molar-refractivity contribution in [1.29, 1.82) is 0 Å². The zero-order chi connectivity index (χ0) is 27.0. The van der Waals surface area contributed by atoms with Crippen LogP contribution in [-0.4, -0.2) is 35.5 Å². The van der Waals surface area contributed by atoms with Crippen molar-refractivity contribution in [2.75, 3.05) is 18.6 Å². The first-order valence-electron chi connectivity index (χ1n) is 12.4. The van der Waals surface area contributed by atoms with Gasteiger partial charge in [-0.25, -0.2) is 4.98 Å². The number of fused-ring (bicyclic) bond motifs is 1. The van der Waals surface area contributed by atoms with E-state index in [-0.39, 0.29) is 11.3 Å². The van der Waals surface area contributed by atoms with Crippen molar-refractivity contribution in [2.45, 2.75) is 39.7 Å². The van der Waals surface area contributed by atoms with Crippen molar-refractivity contribution in [2.24, 2.45) is 0 Å². The number of aryl methyl sites for hydroxylation is 2. The molecule has 0 aliphatic carbocycles. The first-order chi connectivity index (χ1) is 18.3. The van der Waals surface area contributed by atoms with Crippen LogP contribution < -0.4 is 14.4 Å². The molecule has 38 heavy (non-hydrogen) atoms. The van der Waals surface area contributed by atoms with Gasteiger partial charge in [-0.1, -0.05) is 36.8 Å². The highest BCUT2D eigenvalue weighted by Gasteiger charge is 2.46. The van der Waals surface area contributed by atoms with Crippen LogP contribution in [0, 0.1) is 13.8 Å². The standard InChI is InChI=1S/C29H28N2O6S/c1-5-6-11-36-19-10-9-18(15-21(19)35-4)25-23(26(32)20-8-7-12-37-20)27(33)28(34)31(25)29-30-24-17(3)13-16(2)14-22(24)38-29/h7-10,12-15,25,33H,5-6,11H2,1-4H3. The van der Waals surface area contributed by atoms with Crippen LogP contribution in [0.15, 0.2) is 64.5 Å². The molecule has 3 heterocycles. The number of aliphatic hydroxyl groups excluding tert-OH is 1. The summed E-state index contributed by atoms with van der Waals surface area (Å²) in [5, 5.41) is 11.4. The minimum absolute atomic E-state index is 0.0217. The number of unbranched alkanes of at least 4 members (excludes halogenated alkanes) is 1. The van der Waals surface area contributed by atoms with Crippen LogP contribution in [0.25, 0.3) is 10.2 Å². The maximum Gasteiger partial charge on any atom is 0.296 e. The molecule has 2 aromatic heterocycles. The van der Waals surface area contributed by atoms with Crippen LogP contribution >= 0.6 is 11.3 Å². The highest BCUT2D eigenvalue weighted by molar-refractivity contribution is 7.22. The second-order valence-electron chi connectivity index (χ2n) is 9.18. The number of nitrogens with zero attached hydrogens (tertiary/aromatic N) is 2. The molecule has 0 radical (unpaired) electrons. The Kier molecular flexibility index (Phi) is 6.94. The minimum atomic E-state index is -0.958. The number of hydrogen-bond acceptors (Lipinski definition) is 8. The van der Waals surface area contributed by atoms with Gasteiger partial charge < -0.3 is 19.0 Å². The van der Waals surface area contributed by atoms with Gasteiger partial charge in [0.2, 0.25) is 5.78 Å². The van der Waals surface area contributed by atoms with Crippen molar-refractivity contribution in [3.8, 4) is 11.5 Å². The summed E-state index contributed by atoms with van der Waals surface area (Å²) in [6, 6.07) is 11.4. The van der Waals surface area contributed by atoms with Gasteiger partial charge in [0.1, 0.15) is 0 Å². The fourth-order valence-electron chi connectivity index (χ4n) is 4.65. The lowest BCUT2D eigenvalue weighted by atomic mass is 9.95. The van der Waals surface area contributed by atoms with E-state index in [1.54, 1.807) is 24.3 Å². The number of methoxy groups -OCH3 is 1. The van der Waals surface area contributed by atoms with E-state index in [1.807, 2.05) is 26.0 Å². The number of amides is 1. The number of benzene rings is 2. The summed E-state index contributed by atoms with van der Waals surface area (Å²) in [6.45, 7) is 6.58. The number of anilines is 1. The van der Waals surface area contributed by atoms with Gasteiger partial charge in [0.15, 0.2) is 28.1 Å². The molecule has 4 aromatic rings. The van der Waals surface area contributed by atoms with E-state index in [0.29, 0.717) is 28.8 Å². The molecule has 9 heteroatoms. The molecule has 0 saturated carbocycles. The van der Waals surface area contributed by atoms with E-state index < -0.39 is 23.5 Å². The van der Waals surface area contributed by atoms with Crippen LogP contribution in [0.3, 0.4) is 0 Å². The predicted octanol–water partition coefficient (Wildman–Crippen LogP) is 6.48. The summed E-state index contributed by atoms with van der Waals surface area (Å²) in [7, 11) is 1.53. The lowest BCUT2D eigenvalue weighted by Crippen LogP contribution is -2.31. The Balaban J connectivity index is 1.65. The average molecular weight is 533 g/mol. The molecule has 196 valence electrons. The highest BCUT2D eigenvalue weighted by atomic mass is 32.1. The quantitative estimate of drug-likeness (QED) is 0.194. The van der Waals surface area contributed by atoms with Gasteiger partial charge in [0, 0.05) is 0 Å². The Labute approximate surface area is 224 Å². The van der Waals surface area contributed by atoms with E-state index in [0.717, 1.165) is 34.2 Å². The SMILES string of the molecule is CCCCOc1ccc(C2C(C(=O)c3ccco3)=C(O)C(=O)N2c2nc3c(C)cc(C)cc3s2)cc1OC. The molecule has 0 bridgehead atoms. The van der Waals surface area contributed by atoms with Gasteiger partial charge >= 0.3 is 0 Å². The molecule has 1 atom stereocenters. The van der Waals surface area contributed by atoms with Gasteiger partial charge in [-0.05, 0) is 67.3 Å². The van der Waals surface area contributed by atoms with Crippen molar-refractivity contribution in [1.82, 2.24) is 4.98 Å². The molecular weight excluding hydrogens is 504 g/mol. The fourth-order valence-corrected chi connectivity index (χ4v) is 5.82. The van der Waals surface area contributed by atoms with Crippen molar-refractivity contribution in [3.63, 3.8) is 0 Å². The van der Waals surface area contributed by atoms with E-state index in [4.69, 9.17) is 18.9 Å². The zero-order valence-electron chi connectivity index (χ0n) is 21.6. The van der Waals surface area contributed by atoms with Crippen molar-refractivity contribution < 1.29 is 28.6 Å². The van der Waals surface area contributed by atoms with Crippen LogP contribution in [0.4, 0.5) is 5.13 Å². The Morgan fingerprint density at radius 2 is 2.00 bits per heavy atom. The van der Waals surface area contributed by atoms with Crippen molar-refractivity contribution in [3.05, 3.63) is 82.5 Å². The largest absolute Gasteiger partial charge is 0.503 e. The van der Waals surface area contributed by atoms with Gasteiger partial charge in [-0.2, -0.15) is 0 Å². The molecule has 2 aromatic carbocycles. The average Bonchev–Trinajstić information content (AvgIpc) is 3.63. The van der Waals surface area contributed by atoms with Crippen LogP contribution in [0.2, 0.25) is 0 Å². The van der Waals surface area contributed by atoms with Crippen LogP contribution in [-0.2, 0) is 4.79 Å². The third-order valence-electron chi connectivity index (χ3n) is 6.48. The second kappa shape index (κ2) is 10.3. The van der Waals surface area contributed by atoms with E-state index in [1.165, 1.54) is 35.7 Å². The van der Waals surface area contributed by atoms with Gasteiger partial charge in [-0.15, -0.1) is 0 Å². The lowest BCUT2D eigenvalue weighted by molar-refractivity contribution is -0.117. The molecule has 0 saturated heterocycles. The molecule has 5 rings (SSSR count). The summed E-state index contributed by atoms with van der Waals surface area (Å²) in [6.07, 6.45) is 3.26.